The zero-order chi connectivity index (χ0) is 20.7. The molecule has 2 heterocycles. The lowest BCUT2D eigenvalue weighted by atomic mass is 10.1. The number of amidine groups is 1. The van der Waals surface area contributed by atoms with Gasteiger partial charge in [0.05, 0.1) is 28.1 Å². The molecule has 1 aromatic rings. The second-order valence-electron chi connectivity index (χ2n) is 6.72. The molecule has 0 unspecified atom stereocenters. The fourth-order valence-electron chi connectivity index (χ4n) is 3.24. The number of alkyl halides is 3. The lowest BCUT2D eigenvalue weighted by molar-refractivity contribution is -0.137. The van der Waals surface area contributed by atoms with Crippen LogP contribution in [0.15, 0.2) is 23.2 Å². The summed E-state index contributed by atoms with van der Waals surface area (Å²) in [7, 11) is -3.31. The number of carbonyl (C=O) groups is 1. The molecule has 2 saturated heterocycles. The van der Waals surface area contributed by atoms with E-state index in [1.807, 2.05) is 6.92 Å². The van der Waals surface area contributed by atoms with Gasteiger partial charge in [-0.05, 0) is 24.6 Å². The average molecular weight is 455 g/mol. The highest BCUT2D eigenvalue weighted by Crippen LogP contribution is 2.43. The number of sulfone groups is 1. The lowest BCUT2D eigenvalue weighted by Gasteiger charge is -2.25. The Balaban J connectivity index is 2.02. The van der Waals surface area contributed by atoms with Gasteiger partial charge in [0.15, 0.2) is 15.0 Å². The molecular weight excluding hydrogens is 437 g/mol. The van der Waals surface area contributed by atoms with Crippen LogP contribution in [0, 0.1) is 0 Å². The molecule has 28 heavy (non-hydrogen) atoms. The van der Waals surface area contributed by atoms with E-state index in [4.69, 9.17) is 11.6 Å². The van der Waals surface area contributed by atoms with Gasteiger partial charge in [0.25, 0.3) is 0 Å². The van der Waals surface area contributed by atoms with Gasteiger partial charge in [0.2, 0.25) is 5.91 Å². The van der Waals surface area contributed by atoms with Gasteiger partial charge in [-0.1, -0.05) is 36.7 Å². The number of benzene rings is 1. The van der Waals surface area contributed by atoms with Crippen molar-refractivity contribution in [3.05, 3.63) is 28.8 Å². The van der Waals surface area contributed by atoms with E-state index in [1.165, 1.54) is 11.0 Å². The minimum atomic E-state index is -4.66. The van der Waals surface area contributed by atoms with Crippen molar-refractivity contribution < 1.29 is 26.4 Å². The van der Waals surface area contributed by atoms with Crippen LogP contribution in [0.2, 0.25) is 5.02 Å². The number of aliphatic imine (C=N–C) groups is 1. The SMILES string of the molecule is CCCCC(=O)N=C1S[C@H]2CS(=O)(=O)C[C@@H]2N1c1ccc(Cl)c(C(F)(F)F)c1. The van der Waals surface area contributed by atoms with Crippen molar-refractivity contribution in [2.75, 3.05) is 16.4 Å². The van der Waals surface area contributed by atoms with E-state index in [9.17, 15) is 26.4 Å². The standard InChI is InChI=1S/C17H18ClF3N2O3S2/c1-2-3-4-15(24)22-16-23(13-8-28(25,26)9-14(13)27-16)10-5-6-12(18)11(7-10)17(19,20)21/h5-7,13-14H,2-4,8-9H2,1H3/t13-,14-/m0/s1. The van der Waals surface area contributed by atoms with Gasteiger partial charge in [-0.15, -0.1) is 0 Å². The van der Waals surface area contributed by atoms with Crippen LogP contribution in [0.5, 0.6) is 0 Å². The van der Waals surface area contributed by atoms with Gasteiger partial charge < -0.3 is 4.90 Å². The molecule has 0 radical (unpaired) electrons. The molecule has 0 N–H and O–H groups in total. The molecule has 2 aliphatic heterocycles. The molecular formula is C17H18ClF3N2O3S2. The van der Waals surface area contributed by atoms with Crippen LogP contribution in [0.1, 0.15) is 31.7 Å². The molecule has 0 bridgehead atoms. The highest BCUT2D eigenvalue weighted by atomic mass is 35.5. The zero-order valence-electron chi connectivity index (χ0n) is 14.9. The number of hydrogen-bond donors (Lipinski definition) is 0. The van der Waals surface area contributed by atoms with Crippen LogP contribution < -0.4 is 4.90 Å². The summed E-state index contributed by atoms with van der Waals surface area (Å²) in [5, 5.41) is -0.592. The number of rotatable bonds is 4. The van der Waals surface area contributed by atoms with E-state index < -0.39 is 32.6 Å². The predicted octanol–water partition coefficient (Wildman–Crippen LogP) is 4.15. The molecule has 0 aliphatic carbocycles. The number of anilines is 1. The summed E-state index contributed by atoms with van der Waals surface area (Å²) in [6.45, 7) is 1.93. The molecule has 2 aliphatic rings. The fraction of sp³-hybridized carbons (Fsp3) is 0.529. The molecule has 1 aromatic carbocycles. The van der Waals surface area contributed by atoms with Crippen LogP contribution in [-0.4, -0.2) is 42.3 Å². The Bertz CT molecular complexity index is 919. The number of amides is 1. The largest absolute Gasteiger partial charge is 0.417 e. The van der Waals surface area contributed by atoms with Crippen molar-refractivity contribution in [1.29, 1.82) is 0 Å². The summed E-state index contributed by atoms with van der Waals surface area (Å²) in [6.07, 6.45) is -2.96. The Morgan fingerprint density at radius 3 is 2.71 bits per heavy atom. The minimum absolute atomic E-state index is 0.0965. The Hall–Kier alpha value is -1.26. The van der Waals surface area contributed by atoms with Gasteiger partial charge in [-0.25, -0.2) is 8.42 Å². The molecule has 3 rings (SSSR count). The van der Waals surface area contributed by atoms with E-state index in [-0.39, 0.29) is 39.9 Å². The van der Waals surface area contributed by atoms with Gasteiger partial charge in [-0.2, -0.15) is 18.2 Å². The van der Waals surface area contributed by atoms with Gasteiger partial charge in [0, 0.05) is 17.4 Å². The first-order chi connectivity index (χ1) is 13.0. The number of halogens is 4. The average Bonchev–Trinajstić information content (AvgIpc) is 3.03. The summed E-state index contributed by atoms with van der Waals surface area (Å²) in [6, 6.07) is 2.81. The van der Waals surface area contributed by atoms with Crippen molar-refractivity contribution in [2.45, 2.75) is 43.7 Å². The van der Waals surface area contributed by atoms with Gasteiger partial charge in [0.1, 0.15) is 0 Å². The van der Waals surface area contributed by atoms with Crippen molar-refractivity contribution in [1.82, 2.24) is 0 Å². The number of hydrogen-bond acceptors (Lipinski definition) is 4. The molecule has 0 saturated carbocycles. The lowest BCUT2D eigenvalue weighted by Crippen LogP contribution is -2.37. The summed E-state index contributed by atoms with van der Waals surface area (Å²) in [5.41, 5.74) is -0.895. The van der Waals surface area contributed by atoms with Crippen molar-refractivity contribution in [3.8, 4) is 0 Å². The summed E-state index contributed by atoms with van der Waals surface area (Å²) >= 11 is 6.83. The van der Waals surface area contributed by atoms with Gasteiger partial charge >= 0.3 is 6.18 Å². The summed E-state index contributed by atoms with van der Waals surface area (Å²) < 4.78 is 63.8. The first-order valence-corrected chi connectivity index (χ1v) is 11.7. The molecule has 11 heteroatoms. The van der Waals surface area contributed by atoms with E-state index in [2.05, 4.69) is 4.99 Å². The third-order valence-electron chi connectivity index (χ3n) is 4.56. The maximum Gasteiger partial charge on any atom is 0.417 e. The van der Waals surface area contributed by atoms with E-state index in [1.54, 1.807) is 0 Å². The van der Waals surface area contributed by atoms with Crippen LogP contribution in [0.4, 0.5) is 18.9 Å². The Morgan fingerprint density at radius 2 is 2.07 bits per heavy atom. The third-order valence-corrected chi connectivity index (χ3v) is 8.10. The second-order valence-corrected chi connectivity index (χ2v) is 10.5. The van der Waals surface area contributed by atoms with Crippen LogP contribution in [0.25, 0.3) is 0 Å². The Kier molecular flexibility index (Phi) is 6.03. The van der Waals surface area contributed by atoms with Crippen molar-refractivity contribution in [2.24, 2.45) is 4.99 Å². The first-order valence-electron chi connectivity index (χ1n) is 8.66. The minimum Gasteiger partial charge on any atom is -0.316 e. The van der Waals surface area contributed by atoms with Crippen LogP contribution in [-0.2, 0) is 20.8 Å². The molecule has 1 amide bonds. The normalized spacial score (nSPS) is 25.3. The molecule has 5 nitrogen and oxygen atoms in total. The molecule has 154 valence electrons. The maximum atomic E-state index is 13.3. The van der Waals surface area contributed by atoms with Crippen molar-refractivity contribution in [3.63, 3.8) is 0 Å². The highest BCUT2D eigenvalue weighted by molar-refractivity contribution is 8.16. The number of carbonyl (C=O) groups excluding carboxylic acids is 1. The quantitative estimate of drug-likeness (QED) is 0.683. The van der Waals surface area contributed by atoms with Crippen molar-refractivity contribution >= 4 is 50.0 Å². The highest BCUT2D eigenvalue weighted by Gasteiger charge is 2.49. The molecule has 0 spiro atoms. The summed E-state index contributed by atoms with van der Waals surface area (Å²) in [4.78, 5) is 17.6. The third kappa shape index (κ3) is 4.49. The van der Waals surface area contributed by atoms with Crippen LogP contribution in [0.3, 0.4) is 0 Å². The van der Waals surface area contributed by atoms with Gasteiger partial charge in [-0.3, -0.25) is 4.79 Å². The smallest absolute Gasteiger partial charge is 0.316 e. The topological polar surface area (TPSA) is 66.8 Å². The number of nitrogens with zero attached hydrogens (tertiary/aromatic N) is 2. The maximum absolute atomic E-state index is 13.3. The first kappa shape index (κ1) is 21.4. The molecule has 2 atom stereocenters. The van der Waals surface area contributed by atoms with Crippen LogP contribution >= 0.6 is 23.4 Å². The number of fused-ring (bicyclic) bond motifs is 1. The van der Waals surface area contributed by atoms with E-state index in [0.29, 0.717) is 6.42 Å². The number of thioether (sulfide) groups is 1. The monoisotopic (exact) mass is 454 g/mol. The summed E-state index contributed by atoms with van der Waals surface area (Å²) in [5.74, 6) is -0.667. The Labute approximate surface area is 170 Å². The fourth-order valence-corrected chi connectivity index (χ4v) is 7.39. The van der Waals surface area contributed by atoms with E-state index in [0.717, 1.165) is 30.3 Å². The molecule has 0 aromatic heterocycles. The second kappa shape index (κ2) is 7.87. The number of unbranched alkanes of at least 4 members (excludes halogenated alkanes) is 1. The Morgan fingerprint density at radius 1 is 1.36 bits per heavy atom. The predicted molar refractivity (Wildman–Crippen MR) is 105 cm³/mol. The zero-order valence-corrected chi connectivity index (χ0v) is 17.3. The molecule has 2 fully saturated rings. The van der Waals surface area contributed by atoms with E-state index >= 15 is 0 Å².